The standard InChI is InChI=1S/C18H34N2O/c1-6-20(16-10-14-7-8-15(11-16)19-14)17(21)9-13(2)12-18(3,4)5/h13-16,19H,6-12H2,1-5H3. The van der Waals surface area contributed by atoms with Crippen molar-refractivity contribution in [1.29, 1.82) is 0 Å². The van der Waals surface area contributed by atoms with Gasteiger partial charge in [0.1, 0.15) is 0 Å². The summed E-state index contributed by atoms with van der Waals surface area (Å²) >= 11 is 0. The fraction of sp³-hybridized carbons (Fsp3) is 0.944. The first-order valence-corrected chi connectivity index (χ1v) is 8.84. The van der Waals surface area contributed by atoms with E-state index in [9.17, 15) is 4.79 Å². The number of nitrogens with one attached hydrogen (secondary N) is 1. The number of carbonyl (C=O) groups excluding carboxylic acids is 1. The molecule has 2 fully saturated rings. The van der Waals surface area contributed by atoms with E-state index in [0.717, 1.165) is 25.8 Å². The molecule has 0 saturated carbocycles. The van der Waals surface area contributed by atoms with Crippen LogP contribution in [0.25, 0.3) is 0 Å². The van der Waals surface area contributed by atoms with Crippen LogP contribution in [-0.2, 0) is 4.79 Å². The van der Waals surface area contributed by atoms with Crippen molar-refractivity contribution in [1.82, 2.24) is 10.2 Å². The molecule has 1 amide bonds. The molecule has 0 radical (unpaired) electrons. The third kappa shape index (κ3) is 4.70. The number of nitrogens with zero attached hydrogens (tertiary/aromatic N) is 1. The van der Waals surface area contributed by atoms with Gasteiger partial charge in [-0.05, 0) is 50.4 Å². The Morgan fingerprint density at radius 2 is 1.81 bits per heavy atom. The minimum Gasteiger partial charge on any atom is -0.340 e. The Kier molecular flexibility index (Phi) is 5.34. The maximum atomic E-state index is 12.7. The number of hydrogen-bond donors (Lipinski definition) is 1. The summed E-state index contributed by atoms with van der Waals surface area (Å²) < 4.78 is 0. The van der Waals surface area contributed by atoms with Crippen molar-refractivity contribution < 1.29 is 4.79 Å². The summed E-state index contributed by atoms with van der Waals surface area (Å²) in [6.45, 7) is 12.0. The van der Waals surface area contributed by atoms with E-state index in [4.69, 9.17) is 0 Å². The van der Waals surface area contributed by atoms with Crippen molar-refractivity contribution in [3.05, 3.63) is 0 Å². The molecule has 2 aliphatic heterocycles. The Hall–Kier alpha value is -0.570. The van der Waals surface area contributed by atoms with Gasteiger partial charge in [-0.1, -0.05) is 27.7 Å². The molecule has 2 bridgehead atoms. The molecule has 3 nitrogen and oxygen atoms in total. The Labute approximate surface area is 130 Å². The van der Waals surface area contributed by atoms with Gasteiger partial charge in [0.05, 0.1) is 0 Å². The zero-order valence-electron chi connectivity index (χ0n) is 14.6. The topological polar surface area (TPSA) is 32.3 Å². The van der Waals surface area contributed by atoms with Crippen LogP contribution in [0.2, 0.25) is 0 Å². The van der Waals surface area contributed by atoms with Crippen molar-refractivity contribution in [3.8, 4) is 0 Å². The molecule has 3 unspecified atom stereocenters. The summed E-state index contributed by atoms with van der Waals surface area (Å²) in [5, 5.41) is 3.67. The largest absolute Gasteiger partial charge is 0.340 e. The highest BCUT2D eigenvalue weighted by atomic mass is 16.2. The lowest BCUT2D eigenvalue weighted by Gasteiger charge is -2.38. The summed E-state index contributed by atoms with van der Waals surface area (Å²) in [6, 6.07) is 1.79. The fourth-order valence-electron chi connectivity index (χ4n) is 4.45. The molecule has 1 N–H and O–H groups in total. The van der Waals surface area contributed by atoms with Crippen molar-refractivity contribution >= 4 is 5.91 Å². The molecule has 0 aromatic carbocycles. The SMILES string of the molecule is CCN(C(=O)CC(C)CC(C)(C)C)C1CC2CCC(C1)N2. The van der Waals surface area contributed by atoms with Gasteiger partial charge >= 0.3 is 0 Å². The van der Waals surface area contributed by atoms with Gasteiger partial charge in [0.15, 0.2) is 0 Å². The van der Waals surface area contributed by atoms with Crippen molar-refractivity contribution in [2.75, 3.05) is 6.54 Å². The third-order valence-electron chi connectivity index (χ3n) is 5.03. The first kappa shape index (κ1) is 16.8. The van der Waals surface area contributed by atoms with Gasteiger partial charge in [0, 0.05) is 31.1 Å². The monoisotopic (exact) mass is 294 g/mol. The number of piperidine rings is 1. The second kappa shape index (κ2) is 6.68. The predicted octanol–water partition coefficient (Wildman–Crippen LogP) is 3.58. The number of hydrogen-bond acceptors (Lipinski definition) is 2. The minimum absolute atomic E-state index is 0.310. The lowest BCUT2D eigenvalue weighted by molar-refractivity contribution is -0.135. The molecule has 0 spiro atoms. The zero-order chi connectivity index (χ0) is 15.6. The Balaban J connectivity index is 1.89. The quantitative estimate of drug-likeness (QED) is 0.840. The van der Waals surface area contributed by atoms with Crippen LogP contribution < -0.4 is 5.32 Å². The third-order valence-corrected chi connectivity index (χ3v) is 5.03. The van der Waals surface area contributed by atoms with E-state index in [-0.39, 0.29) is 0 Å². The highest BCUT2D eigenvalue weighted by Crippen LogP contribution is 2.31. The van der Waals surface area contributed by atoms with E-state index in [1.165, 1.54) is 12.8 Å². The van der Waals surface area contributed by atoms with Gasteiger partial charge in [0.25, 0.3) is 0 Å². The summed E-state index contributed by atoms with van der Waals surface area (Å²) in [5.41, 5.74) is 0.310. The normalized spacial score (nSPS) is 30.2. The number of carbonyl (C=O) groups is 1. The second-order valence-electron chi connectivity index (χ2n) is 8.52. The smallest absolute Gasteiger partial charge is 0.223 e. The highest BCUT2D eigenvalue weighted by Gasteiger charge is 2.37. The van der Waals surface area contributed by atoms with Crippen LogP contribution in [0.5, 0.6) is 0 Å². The number of rotatable bonds is 5. The summed E-state index contributed by atoms with van der Waals surface area (Å²) in [5.74, 6) is 0.852. The van der Waals surface area contributed by atoms with E-state index in [1.54, 1.807) is 0 Å². The Morgan fingerprint density at radius 3 is 2.29 bits per heavy atom. The van der Waals surface area contributed by atoms with Gasteiger partial charge in [-0.15, -0.1) is 0 Å². The average molecular weight is 294 g/mol. The number of amides is 1. The van der Waals surface area contributed by atoms with Crippen molar-refractivity contribution in [3.63, 3.8) is 0 Å². The van der Waals surface area contributed by atoms with Crippen LogP contribution in [0, 0.1) is 11.3 Å². The lowest BCUT2D eigenvalue weighted by Crippen LogP contribution is -2.50. The van der Waals surface area contributed by atoms with Gasteiger partial charge < -0.3 is 10.2 Å². The van der Waals surface area contributed by atoms with E-state index in [2.05, 4.69) is 44.8 Å². The molecule has 0 aromatic heterocycles. The predicted molar refractivity (Wildman–Crippen MR) is 88.2 cm³/mol. The maximum Gasteiger partial charge on any atom is 0.223 e. The molecule has 2 aliphatic rings. The van der Waals surface area contributed by atoms with Crippen LogP contribution in [-0.4, -0.2) is 35.5 Å². The summed E-state index contributed by atoms with van der Waals surface area (Å²) in [4.78, 5) is 14.9. The van der Waals surface area contributed by atoms with Gasteiger partial charge in [-0.2, -0.15) is 0 Å². The maximum absolute atomic E-state index is 12.7. The molecule has 0 aromatic rings. The van der Waals surface area contributed by atoms with E-state index in [0.29, 0.717) is 41.8 Å². The van der Waals surface area contributed by atoms with Crippen molar-refractivity contribution in [2.45, 2.75) is 91.3 Å². The molecule has 0 aliphatic carbocycles. The van der Waals surface area contributed by atoms with Crippen LogP contribution >= 0.6 is 0 Å². The molecule has 3 heteroatoms. The molecule has 3 atom stereocenters. The van der Waals surface area contributed by atoms with Crippen LogP contribution in [0.1, 0.15) is 73.1 Å². The molecule has 2 heterocycles. The lowest BCUT2D eigenvalue weighted by atomic mass is 9.84. The van der Waals surface area contributed by atoms with Crippen LogP contribution in [0.3, 0.4) is 0 Å². The zero-order valence-corrected chi connectivity index (χ0v) is 14.6. The fourth-order valence-corrected chi connectivity index (χ4v) is 4.45. The van der Waals surface area contributed by atoms with E-state index < -0.39 is 0 Å². The first-order chi connectivity index (χ1) is 9.78. The van der Waals surface area contributed by atoms with Crippen LogP contribution in [0.15, 0.2) is 0 Å². The summed E-state index contributed by atoms with van der Waals surface area (Å²) in [6.07, 6.45) is 6.74. The Bertz CT molecular complexity index is 349. The minimum atomic E-state index is 0.310. The summed E-state index contributed by atoms with van der Waals surface area (Å²) in [7, 11) is 0. The highest BCUT2D eigenvalue weighted by molar-refractivity contribution is 5.76. The average Bonchev–Trinajstić information content (AvgIpc) is 2.66. The van der Waals surface area contributed by atoms with Crippen LogP contribution in [0.4, 0.5) is 0 Å². The van der Waals surface area contributed by atoms with E-state index >= 15 is 0 Å². The number of fused-ring (bicyclic) bond motifs is 2. The van der Waals surface area contributed by atoms with Gasteiger partial charge in [-0.3, -0.25) is 4.79 Å². The van der Waals surface area contributed by atoms with Crippen molar-refractivity contribution in [2.24, 2.45) is 11.3 Å². The second-order valence-corrected chi connectivity index (χ2v) is 8.52. The first-order valence-electron chi connectivity index (χ1n) is 8.84. The molecular formula is C18H34N2O. The van der Waals surface area contributed by atoms with E-state index in [1.807, 2.05) is 0 Å². The molecule has 21 heavy (non-hydrogen) atoms. The molecular weight excluding hydrogens is 260 g/mol. The molecule has 122 valence electrons. The van der Waals surface area contributed by atoms with Gasteiger partial charge in [0.2, 0.25) is 5.91 Å². The molecule has 2 rings (SSSR count). The Morgan fingerprint density at radius 1 is 1.24 bits per heavy atom. The van der Waals surface area contributed by atoms with Gasteiger partial charge in [-0.25, -0.2) is 0 Å². The molecule has 2 saturated heterocycles.